The Kier molecular flexibility index (Phi) is 3.46. The Bertz CT molecular complexity index is 368. The monoisotopic (exact) mass is 261 g/mol. The molecule has 1 aromatic carbocycles. The Morgan fingerprint density at radius 2 is 2.29 bits per heavy atom. The molecule has 0 heterocycles. The highest BCUT2D eigenvalue weighted by molar-refractivity contribution is 9.10. The largest absolute Gasteiger partial charge is 0.493 e. The molecule has 0 bridgehead atoms. The molecule has 0 unspecified atom stereocenters. The summed E-state index contributed by atoms with van der Waals surface area (Å²) in [7, 11) is 0. The molecule has 0 spiro atoms. The van der Waals surface area contributed by atoms with Crippen LogP contribution in [0, 0.1) is 5.82 Å². The first-order valence-corrected chi connectivity index (χ1v) is 4.77. The normalized spacial score (nSPS) is 9.93. The van der Waals surface area contributed by atoms with Crippen molar-refractivity contribution < 1.29 is 13.9 Å². The molecule has 0 atom stereocenters. The minimum atomic E-state index is -0.809. The molecular weight excluding hydrogens is 253 g/mol. The van der Waals surface area contributed by atoms with Gasteiger partial charge in [0, 0.05) is 0 Å². The van der Waals surface area contributed by atoms with Crippen LogP contribution in [0.25, 0.3) is 0 Å². The lowest BCUT2D eigenvalue weighted by atomic mass is 10.2. The third-order valence-corrected chi connectivity index (χ3v) is 2.21. The van der Waals surface area contributed by atoms with E-state index in [4.69, 9.17) is 10.5 Å². The van der Waals surface area contributed by atoms with Crippen LogP contribution in [0.4, 0.5) is 4.39 Å². The van der Waals surface area contributed by atoms with Crippen LogP contribution in [0.1, 0.15) is 17.3 Å². The van der Waals surface area contributed by atoms with Crippen molar-refractivity contribution in [3.8, 4) is 5.75 Å². The van der Waals surface area contributed by atoms with Gasteiger partial charge in [-0.05, 0) is 35.0 Å². The van der Waals surface area contributed by atoms with Gasteiger partial charge in [-0.3, -0.25) is 4.79 Å². The van der Waals surface area contributed by atoms with E-state index in [1.807, 2.05) is 0 Å². The van der Waals surface area contributed by atoms with Crippen molar-refractivity contribution in [3.63, 3.8) is 0 Å². The summed E-state index contributed by atoms with van der Waals surface area (Å²) in [6.45, 7) is 2.22. The van der Waals surface area contributed by atoms with E-state index < -0.39 is 11.7 Å². The maximum absolute atomic E-state index is 13.1. The molecule has 0 aromatic heterocycles. The molecule has 1 rings (SSSR count). The summed E-state index contributed by atoms with van der Waals surface area (Å²) in [5.74, 6) is -1.06. The van der Waals surface area contributed by atoms with Gasteiger partial charge in [0.15, 0.2) is 0 Å². The topological polar surface area (TPSA) is 52.3 Å². The fourth-order valence-electron chi connectivity index (χ4n) is 0.984. The number of nitrogens with two attached hydrogens (primary N) is 1. The van der Waals surface area contributed by atoms with E-state index in [1.165, 1.54) is 6.07 Å². The van der Waals surface area contributed by atoms with Crippen LogP contribution in [-0.4, -0.2) is 12.5 Å². The van der Waals surface area contributed by atoms with Gasteiger partial charge in [0.1, 0.15) is 11.6 Å². The minimum absolute atomic E-state index is 0.170. The molecule has 2 N–H and O–H groups in total. The number of hydrogen-bond acceptors (Lipinski definition) is 2. The van der Waals surface area contributed by atoms with Crippen molar-refractivity contribution in [1.82, 2.24) is 0 Å². The number of rotatable bonds is 3. The number of carbonyl (C=O) groups is 1. The van der Waals surface area contributed by atoms with Gasteiger partial charge in [-0.25, -0.2) is 4.39 Å². The number of amides is 1. The highest BCUT2D eigenvalue weighted by Gasteiger charge is 2.12. The molecule has 0 saturated carbocycles. The first-order valence-electron chi connectivity index (χ1n) is 3.98. The van der Waals surface area contributed by atoms with E-state index in [0.29, 0.717) is 16.8 Å². The van der Waals surface area contributed by atoms with Crippen LogP contribution in [0.15, 0.2) is 16.6 Å². The van der Waals surface area contributed by atoms with Gasteiger partial charge in [0.25, 0.3) is 5.91 Å². The average Bonchev–Trinajstić information content (AvgIpc) is 2.09. The molecule has 0 radical (unpaired) electrons. The van der Waals surface area contributed by atoms with Crippen LogP contribution in [0.3, 0.4) is 0 Å². The fourth-order valence-corrected chi connectivity index (χ4v) is 1.41. The van der Waals surface area contributed by atoms with Gasteiger partial charge in [-0.1, -0.05) is 0 Å². The second-order valence-electron chi connectivity index (χ2n) is 2.56. The van der Waals surface area contributed by atoms with Crippen molar-refractivity contribution in [3.05, 3.63) is 28.0 Å². The molecule has 0 saturated heterocycles. The molecule has 1 amide bonds. The molecule has 3 nitrogen and oxygen atoms in total. The lowest BCUT2D eigenvalue weighted by Crippen LogP contribution is -2.13. The summed E-state index contributed by atoms with van der Waals surface area (Å²) in [6.07, 6.45) is 0. The summed E-state index contributed by atoms with van der Waals surface area (Å²) in [4.78, 5) is 10.8. The van der Waals surface area contributed by atoms with E-state index in [0.717, 1.165) is 6.07 Å². The van der Waals surface area contributed by atoms with Gasteiger partial charge in [0.05, 0.1) is 16.6 Å². The van der Waals surface area contributed by atoms with Crippen LogP contribution in [0.2, 0.25) is 0 Å². The molecule has 5 heteroatoms. The smallest absolute Gasteiger partial charge is 0.251 e. The Morgan fingerprint density at radius 3 is 2.79 bits per heavy atom. The summed E-state index contributed by atoms with van der Waals surface area (Å²) in [6, 6.07) is 2.44. The number of carbonyl (C=O) groups excluding carboxylic acids is 1. The lowest BCUT2D eigenvalue weighted by molar-refractivity contribution is 0.0996. The molecule has 0 aliphatic heterocycles. The van der Waals surface area contributed by atoms with E-state index >= 15 is 0 Å². The van der Waals surface area contributed by atoms with Gasteiger partial charge in [-0.15, -0.1) is 0 Å². The Hall–Kier alpha value is -1.10. The van der Waals surface area contributed by atoms with Gasteiger partial charge < -0.3 is 10.5 Å². The quantitative estimate of drug-likeness (QED) is 0.906. The summed E-state index contributed by atoms with van der Waals surface area (Å²) >= 11 is 3.11. The van der Waals surface area contributed by atoms with E-state index in [-0.39, 0.29) is 5.56 Å². The molecule has 0 aliphatic carbocycles. The number of primary amides is 1. The highest BCUT2D eigenvalue weighted by atomic mass is 79.9. The van der Waals surface area contributed by atoms with Crippen molar-refractivity contribution in [1.29, 1.82) is 0 Å². The zero-order valence-corrected chi connectivity index (χ0v) is 9.10. The predicted molar refractivity (Wildman–Crippen MR) is 53.8 cm³/mol. The minimum Gasteiger partial charge on any atom is -0.493 e. The highest BCUT2D eigenvalue weighted by Crippen LogP contribution is 2.27. The standard InChI is InChI=1S/C9H9BrFNO2/c1-2-14-8-3-5(9(12)13)7(11)4-6(8)10/h3-4H,2H2,1H3,(H2,12,13). The fraction of sp³-hybridized carbons (Fsp3) is 0.222. The zero-order valence-electron chi connectivity index (χ0n) is 7.51. The number of halogens is 2. The summed E-state index contributed by atoms with van der Waals surface area (Å²) < 4.78 is 18.8. The Morgan fingerprint density at radius 1 is 1.64 bits per heavy atom. The van der Waals surface area contributed by atoms with E-state index in [9.17, 15) is 9.18 Å². The molecular formula is C9H9BrFNO2. The maximum atomic E-state index is 13.1. The molecule has 76 valence electrons. The second kappa shape index (κ2) is 4.41. The summed E-state index contributed by atoms with van der Waals surface area (Å²) in [5, 5.41) is 0. The van der Waals surface area contributed by atoms with E-state index in [2.05, 4.69) is 15.9 Å². The van der Waals surface area contributed by atoms with Crippen LogP contribution in [0.5, 0.6) is 5.75 Å². The van der Waals surface area contributed by atoms with Gasteiger partial charge in [-0.2, -0.15) is 0 Å². The number of hydrogen-bond donors (Lipinski definition) is 1. The number of benzene rings is 1. The van der Waals surface area contributed by atoms with Gasteiger partial charge >= 0.3 is 0 Å². The average molecular weight is 262 g/mol. The van der Waals surface area contributed by atoms with Crippen LogP contribution >= 0.6 is 15.9 Å². The zero-order chi connectivity index (χ0) is 10.7. The number of ether oxygens (including phenoxy) is 1. The summed E-state index contributed by atoms with van der Waals surface area (Å²) in [5.41, 5.74) is 4.81. The van der Waals surface area contributed by atoms with E-state index in [1.54, 1.807) is 6.92 Å². The maximum Gasteiger partial charge on any atom is 0.251 e. The molecule has 1 aromatic rings. The third-order valence-electron chi connectivity index (χ3n) is 1.59. The van der Waals surface area contributed by atoms with Gasteiger partial charge in [0.2, 0.25) is 0 Å². The third kappa shape index (κ3) is 2.23. The van der Waals surface area contributed by atoms with Crippen molar-refractivity contribution in [2.45, 2.75) is 6.92 Å². The predicted octanol–water partition coefficient (Wildman–Crippen LogP) is 2.09. The van der Waals surface area contributed by atoms with Crippen molar-refractivity contribution in [2.24, 2.45) is 5.73 Å². The molecule has 0 fully saturated rings. The first kappa shape index (κ1) is 11.0. The van der Waals surface area contributed by atoms with Crippen LogP contribution < -0.4 is 10.5 Å². The lowest BCUT2D eigenvalue weighted by Gasteiger charge is -2.07. The SMILES string of the molecule is CCOc1cc(C(N)=O)c(F)cc1Br. The first-order chi connectivity index (χ1) is 6.56. The molecule has 14 heavy (non-hydrogen) atoms. The molecule has 0 aliphatic rings. The van der Waals surface area contributed by atoms with Crippen LogP contribution in [-0.2, 0) is 0 Å². The van der Waals surface area contributed by atoms with Crippen molar-refractivity contribution >= 4 is 21.8 Å². The Balaban J connectivity index is 3.20. The van der Waals surface area contributed by atoms with Crippen molar-refractivity contribution in [2.75, 3.05) is 6.61 Å². The second-order valence-corrected chi connectivity index (χ2v) is 3.41. The Labute approximate surface area is 89.2 Å².